The third-order valence-electron chi connectivity index (χ3n) is 8.95. The highest BCUT2D eigenvalue weighted by atomic mass is 16.5. The van der Waals surface area contributed by atoms with Crippen LogP contribution in [-0.4, -0.2) is 77.8 Å². The molecule has 0 aromatic heterocycles. The summed E-state index contributed by atoms with van der Waals surface area (Å²) >= 11 is 0. The van der Waals surface area contributed by atoms with Gasteiger partial charge in [-0.25, -0.2) is 9.59 Å². The zero-order chi connectivity index (χ0) is 31.9. The smallest absolute Gasteiger partial charge is 0.321 e. The van der Waals surface area contributed by atoms with Crippen LogP contribution in [-0.2, 0) is 11.2 Å². The van der Waals surface area contributed by atoms with Crippen molar-refractivity contribution in [3.05, 3.63) is 66.2 Å². The first-order valence-corrected chi connectivity index (χ1v) is 16.0. The monoisotopic (exact) mass is 615 g/mol. The molecule has 1 aliphatic heterocycles. The Bertz CT molecular complexity index is 1500. The van der Waals surface area contributed by atoms with Crippen molar-refractivity contribution in [2.24, 2.45) is 5.92 Å². The first-order chi connectivity index (χ1) is 21.7. The molecule has 0 bridgehead atoms. The summed E-state index contributed by atoms with van der Waals surface area (Å²) in [5.41, 5.74) is 1.92. The number of hydrogen-bond acceptors (Lipinski definition) is 5. The van der Waals surface area contributed by atoms with Crippen molar-refractivity contribution in [2.75, 3.05) is 37.4 Å². The van der Waals surface area contributed by atoms with Gasteiger partial charge in [0.2, 0.25) is 5.91 Å². The number of anilines is 2. The van der Waals surface area contributed by atoms with Crippen LogP contribution in [0.3, 0.4) is 0 Å². The van der Waals surface area contributed by atoms with E-state index in [-0.39, 0.29) is 49.5 Å². The zero-order valence-electron chi connectivity index (χ0n) is 26.4. The molecule has 1 aliphatic carbocycles. The van der Waals surface area contributed by atoms with Crippen molar-refractivity contribution < 1.29 is 24.2 Å². The zero-order valence-corrected chi connectivity index (χ0v) is 26.4. The Labute approximate surface area is 265 Å². The summed E-state index contributed by atoms with van der Waals surface area (Å²) in [6, 6.07) is 18.2. The molecule has 240 valence electrons. The summed E-state index contributed by atoms with van der Waals surface area (Å²) in [5.74, 6) is 0.223. The second-order valence-electron chi connectivity index (χ2n) is 12.5. The molecule has 2 aliphatic rings. The number of carbonyl (C=O) groups is 3. The summed E-state index contributed by atoms with van der Waals surface area (Å²) < 4.78 is 6.57. The topological polar surface area (TPSA) is 123 Å². The minimum atomic E-state index is -0.459. The average molecular weight is 616 g/mol. The molecule has 10 heteroatoms. The van der Waals surface area contributed by atoms with E-state index in [0.717, 1.165) is 42.1 Å². The van der Waals surface area contributed by atoms with Crippen LogP contribution < -0.4 is 20.7 Å². The van der Waals surface area contributed by atoms with Crippen LogP contribution in [0.4, 0.5) is 21.0 Å². The lowest BCUT2D eigenvalue weighted by Crippen LogP contribution is -2.48. The first kappa shape index (κ1) is 32.1. The number of fused-ring (bicyclic) bond motifs is 2. The molecule has 0 spiro atoms. The van der Waals surface area contributed by atoms with E-state index in [0.29, 0.717) is 23.5 Å². The lowest BCUT2D eigenvalue weighted by Gasteiger charge is -2.34. The van der Waals surface area contributed by atoms with E-state index in [2.05, 4.69) is 16.0 Å². The molecule has 45 heavy (non-hydrogen) atoms. The fourth-order valence-corrected chi connectivity index (χ4v) is 6.22. The molecule has 3 aromatic rings. The van der Waals surface area contributed by atoms with Gasteiger partial charge < -0.3 is 35.6 Å². The van der Waals surface area contributed by atoms with Crippen LogP contribution in [0.2, 0.25) is 0 Å². The molecule has 0 radical (unpaired) electrons. The maximum atomic E-state index is 13.6. The summed E-state index contributed by atoms with van der Waals surface area (Å²) in [5, 5.41) is 21.0. The Morgan fingerprint density at radius 2 is 1.80 bits per heavy atom. The van der Waals surface area contributed by atoms with Crippen LogP contribution in [0, 0.1) is 5.92 Å². The van der Waals surface area contributed by atoms with Gasteiger partial charge in [0.05, 0.1) is 31.3 Å². The van der Waals surface area contributed by atoms with Crippen molar-refractivity contribution in [2.45, 2.75) is 70.6 Å². The van der Waals surface area contributed by atoms with Crippen LogP contribution in [0.5, 0.6) is 5.75 Å². The number of aliphatic hydroxyl groups is 1. The van der Waals surface area contributed by atoms with Crippen molar-refractivity contribution in [3.63, 3.8) is 0 Å². The van der Waals surface area contributed by atoms with Gasteiger partial charge in [-0.15, -0.1) is 0 Å². The SMILES string of the molecule is C[C@H]1CN([C@@H](C)CO)C(=O)Cc2cc(NC(=O)NC3CCCCC3)ccc2O[C@H]1CN(C)C(=O)Nc1cccc2ccccc12. The van der Waals surface area contributed by atoms with Crippen LogP contribution in [0.15, 0.2) is 60.7 Å². The number of urea groups is 2. The van der Waals surface area contributed by atoms with E-state index in [1.54, 1.807) is 35.0 Å². The molecule has 3 aromatic carbocycles. The van der Waals surface area contributed by atoms with Gasteiger partial charge in [0.15, 0.2) is 0 Å². The lowest BCUT2D eigenvalue weighted by molar-refractivity contribution is -0.134. The first-order valence-electron chi connectivity index (χ1n) is 16.0. The predicted octanol–water partition coefficient (Wildman–Crippen LogP) is 5.61. The normalized spacial score (nSPS) is 19.7. The molecule has 0 unspecified atom stereocenters. The molecule has 4 N–H and O–H groups in total. The number of benzene rings is 3. The maximum Gasteiger partial charge on any atom is 0.321 e. The molecule has 1 heterocycles. The third-order valence-corrected chi connectivity index (χ3v) is 8.95. The molecule has 10 nitrogen and oxygen atoms in total. The standard InChI is InChI=1S/C35H45N5O5/c1-23-20-40(24(2)22-41)33(42)19-26-18-28(37-34(43)36-27-12-5-4-6-13-27)16-17-31(26)45-32(23)21-39(3)35(44)38-30-15-9-11-25-10-7-8-14-29(25)30/h7-11,14-18,23-24,27,32,41H,4-6,12-13,19-22H2,1-3H3,(H,38,44)(H2,36,37,43)/t23-,24-,32-/m0/s1. The lowest BCUT2D eigenvalue weighted by atomic mass is 9.96. The average Bonchev–Trinajstić information content (AvgIpc) is 3.08. The van der Waals surface area contributed by atoms with E-state index in [1.807, 2.05) is 56.3 Å². The van der Waals surface area contributed by atoms with Crippen LogP contribution in [0.1, 0.15) is 51.5 Å². The van der Waals surface area contributed by atoms with Gasteiger partial charge in [0.1, 0.15) is 11.9 Å². The third kappa shape index (κ3) is 8.05. The Hall–Kier alpha value is -4.31. The van der Waals surface area contributed by atoms with Crippen molar-refractivity contribution >= 4 is 40.1 Å². The number of ether oxygens (including phenoxy) is 1. The fraction of sp³-hybridized carbons (Fsp3) is 0.457. The highest BCUT2D eigenvalue weighted by molar-refractivity contribution is 6.01. The number of carbonyl (C=O) groups excluding carboxylic acids is 3. The van der Waals surface area contributed by atoms with E-state index >= 15 is 0 Å². The highest BCUT2D eigenvalue weighted by Crippen LogP contribution is 2.30. The summed E-state index contributed by atoms with van der Waals surface area (Å²) in [4.78, 5) is 43.0. The van der Waals surface area contributed by atoms with Gasteiger partial charge in [-0.3, -0.25) is 4.79 Å². The van der Waals surface area contributed by atoms with Gasteiger partial charge >= 0.3 is 12.1 Å². The van der Waals surface area contributed by atoms with Gasteiger partial charge in [0, 0.05) is 42.2 Å². The molecule has 1 saturated carbocycles. The molecule has 5 amide bonds. The summed E-state index contributed by atoms with van der Waals surface area (Å²) in [7, 11) is 1.72. The fourth-order valence-electron chi connectivity index (χ4n) is 6.22. The minimum absolute atomic E-state index is 0.0519. The minimum Gasteiger partial charge on any atom is -0.488 e. The number of hydrogen-bond donors (Lipinski definition) is 4. The Balaban J connectivity index is 1.34. The molecule has 3 atom stereocenters. The molecule has 5 rings (SSSR count). The Morgan fingerprint density at radius 3 is 2.58 bits per heavy atom. The number of rotatable bonds is 7. The molecule has 0 saturated heterocycles. The summed E-state index contributed by atoms with van der Waals surface area (Å²) in [6.45, 7) is 4.25. The van der Waals surface area contributed by atoms with Crippen molar-refractivity contribution in [3.8, 4) is 5.75 Å². The van der Waals surface area contributed by atoms with Crippen molar-refractivity contribution in [1.82, 2.24) is 15.1 Å². The highest BCUT2D eigenvalue weighted by Gasteiger charge is 2.32. The molecule has 1 fully saturated rings. The number of likely N-dealkylation sites (N-methyl/N-ethyl adjacent to an activating group) is 1. The van der Waals surface area contributed by atoms with Gasteiger partial charge in [-0.05, 0) is 49.4 Å². The second kappa shape index (κ2) is 14.6. The van der Waals surface area contributed by atoms with E-state index in [9.17, 15) is 19.5 Å². The largest absolute Gasteiger partial charge is 0.488 e. The van der Waals surface area contributed by atoms with E-state index in [1.165, 1.54) is 6.42 Å². The Kier molecular flexibility index (Phi) is 10.4. The number of amides is 5. The second-order valence-corrected chi connectivity index (χ2v) is 12.5. The van der Waals surface area contributed by atoms with E-state index < -0.39 is 12.1 Å². The Morgan fingerprint density at radius 1 is 1.04 bits per heavy atom. The van der Waals surface area contributed by atoms with Crippen molar-refractivity contribution in [1.29, 1.82) is 0 Å². The van der Waals surface area contributed by atoms with E-state index in [4.69, 9.17) is 4.74 Å². The summed E-state index contributed by atoms with van der Waals surface area (Å²) in [6.07, 6.45) is 4.99. The number of nitrogens with zero attached hydrogens (tertiary/aromatic N) is 2. The van der Waals surface area contributed by atoms with Gasteiger partial charge in [-0.2, -0.15) is 0 Å². The van der Waals surface area contributed by atoms with Gasteiger partial charge in [0.25, 0.3) is 0 Å². The molecular weight excluding hydrogens is 570 g/mol. The maximum absolute atomic E-state index is 13.6. The quantitative estimate of drug-likeness (QED) is 0.275. The van der Waals surface area contributed by atoms with Crippen LogP contribution in [0.25, 0.3) is 10.8 Å². The van der Waals surface area contributed by atoms with Crippen LogP contribution >= 0.6 is 0 Å². The number of nitrogens with one attached hydrogen (secondary N) is 3. The molecular formula is C35H45N5O5. The van der Waals surface area contributed by atoms with Gasteiger partial charge in [-0.1, -0.05) is 62.6 Å². The number of aliphatic hydroxyl groups excluding tert-OH is 1. The predicted molar refractivity (Wildman–Crippen MR) is 177 cm³/mol.